The Bertz CT molecular complexity index is 749. The highest BCUT2D eigenvalue weighted by molar-refractivity contribution is 6.43. The average Bonchev–Trinajstić information content (AvgIpc) is 3.25. The lowest BCUT2D eigenvalue weighted by Crippen LogP contribution is -2.56. The Kier molecular flexibility index (Phi) is 9.32. The van der Waals surface area contributed by atoms with Crippen LogP contribution in [0.2, 0.25) is 0 Å². The summed E-state index contributed by atoms with van der Waals surface area (Å²) < 4.78 is 0. The molecule has 7 N–H and O–H groups in total. The van der Waals surface area contributed by atoms with Crippen LogP contribution >= 0.6 is 0 Å². The molecule has 2 rings (SSSR count). The molecule has 1 aromatic rings. The Hall–Kier alpha value is -2.59. The molecule has 1 atom stereocenters. The Balaban J connectivity index is 2.02. The van der Waals surface area contributed by atoms with Gasteiger partial charge in [-0.1, -0.05) is 43.2 Å². The van der Waals surface area contributed by atoms with Crippen molar-refractivity contribution in [3.05, 3.63) is 35.9 Å². The van der Waals surface area contributed by atoms with E-state index in [1.165, 1.54) is 0 Å². The van der Waals surface area contributed by atoms with Gasteiger partial charge in [-0.2, -0.15) is 0 Å². The van der Waals surface area contributed by atoms with Crippen LogP contribution in [0.4, 0.5) is 0 Å². The van der Waals surface area contributed by atoms with Crippen molar-refractivity contribution < 1.29 is 19.6 Å². The predicted molar refractivity (Wildman–Crippen MR) is 121 cm³/mol. The molecule has 0 radical (unpaired) electrons. The molecular weight excluding hydrogens is 397 g/mol. The first-order valence-corrected chi connectivity index (χ1v) is 10.8. The summed E-state index contributed by atoms with van der Waals surface area (Å²) in [6.45, 7) is 0.816. The lowest BCUT2D eigenvalue weighted by atomic mass is 9.75. The monoisotopic (exact) mass is 431 g/mol. The minimum atomic E-state index is -1.74. The number of rotatable bonds is 11. The SMILES string of the molecule is CN(CCc1ccccc1)C(=O)C1(C(=O)NC(CCCN=C(N)N)B(O)O)CCCC1. The molecule has 9 nitrogen and oxygen atoms in total. The van der Waals surface area contributed by atoms with Crippen LogP contribution in [0, 0.1) is 5.41 Å². The predicted octanol–water partition coefficient (Wildman–Crippen LogP) is -0.202. The third kappa shape index (κ3) is 6.97. The zero-order valence-electron chi connectivity index (χ0n) is 18.2. The first kappa shape index (κ1) is 24.7. The molecule has 1 unspecified atom stereocenters. The van der Waals surface area contributed by atoms with Crippen molar-refractivity contribution in [2.75, 3.05) is 20.1 Å². The topological polar surface area (TPSA) is 154 Å². The van der Waals surface area contributed by atoms with Gasteiger partial charge < -0.3 is 31.7 Å². The number of amides is 2. The fourth-order valence-corrected chi connectivity index (χ4v) is 4.05. The average molecular weight is 431 g/mol. The lowest BCUT2D eigenvalue weighted by molar-refractivity contribution is -0.149. The minimum absolute atomic E-state index is 0.0424. The number of guanidine groups is 1. The highest BCUT2D eigenvalue weighted by atomic mass is 16.4. The molecule has 0 bridgehead atoms. The van der Waals surface area contributed by atoms with Crippen LogP contribution in [0.1, 0.15) is 44.1 Å². The van der Waals surface area contributed by atoms with E-state index < -0.39 is 24.4 Å². The van der Waals surface area contributed by atoms with Gasteiger partial charge in [0.25, 0.3) is 0 Å². The minimum Gasteiger partial charge on any atom is -0.426 e. The number of hydrogen-bond donors (Lipinski definition) is 5. The zero-order valence-corrected chi connectivity index (χ0v) is 18.2. The number of likely N-dealkylation sites (N-methyl/N-ethyl adjacent to an activating group) is 1. The smallest absolute Gasteiger partial charge is 0.426 e. The van der Waals surface area contributed by atoms with E-state index in [9.17, 15) is 19.6 Å². The molecule has 0 spiro atoms. The van der Waals surface area contributed by atoms with Gasteiger partial charge in [0.1, 0.15) is 5.41 Å². The van der Waals surface area contributed by atoms with E-state index in [0.717, 1.165) is 18.4 Å². The first-order valence-electron chi connectivity index (χ1n) is 10.8. The molecule has 0 aliphatic heterocycles. The van der Waals surface area contributed by atoms with E-state index in [4.69, 9.17) is 11.5 Å². The van der Waals surface area contributed by atoms with Crippen molar-refractivity contribution in [3.63, 3.8) is 0 Å². The Morgan fingerprint density at radius 2 is 1.87 bits per heavy atom. The van der Waals surface area contributed by atoms with Crippen LogP contribution in [-0.2, 0) is 16.0 Å². The van der Waals surface area contributed by atoms with E-state index in [0.29, 0.717) is 38.8 Å². The summed E-state index contributed by atoms with van der Waals surface area (Å²) in [7, 11) is -0.0285. The highest BCUT2D eigenvalue weighted by Crippen LogP contribution is 2.40. The maximum absolute atomic E-state index is 13.3. The van der Waals surface area contributed by atoms with Crippen LogP contribution < -0.4 is 16.8 Å². The third-order valence-electron chi connectivity index (χ3n) is 5.87. The lowest BCUT2D eigenvalue weighted by Gasteiger charge is -2.33. The summed E-state index contributed by atoms with van der Waals surface area (Å²) in [6.07, 6.45) is 3.90. The normalized spacial score (nSPS) is 15.7. The van der Waals surface area contributed by atoms with E-state index in [-0.39, 0.29) is 18.3 Å². The van der Waals surface area contributed by atoms with Crippen LogP contribution in [0.5, 0.6) is 0 Å². The van der Waals surface area contributed by atoms with Gasteiger partial charge in [0, 0.05) is 20.1 Å². The summed E-state index contributed by atoms with van der Waals surface area (Å²) >= 11 is 0. The summed E-state index contributed by atoms with van der Waals surface area (Å²) in [5, 5.41) is 22.1. The first-order chi connectivity index (χ1) is 14.8. The molecule has 1 aliphatic carbocycles. The zero-order chi connectivity index (χ0) is 22.9. The summed E-state index contributed by atoms with van der Waals surface area (Å²) in [5.41, 5.74) is 10.5. The molecular formula is C21H34BN5O4. The number of carbonyl (C=O) groups excluding carboxylic acids is 2. The summed E-state index contributed by atoms with van der Waals surface area (Å²) in [4.78, 5) is 32.0. The van der Waals surface area contributed by atoms with Gasteiger partial charge in [0.2, 0.25) is 11.8 Å². The second-order valence-corrected chi connectivity index (χ2v) is 8.19. The van der Waals surface area contributed by atoms with Gasteiger partial charge in [-0.05, 0) is 37.7 Å². The molecule has 170 valence electrons. The second kappa shape index (κ2) is 11.7. The Morgan fingerprint density at radius 3 is 2.45 bits per heavy atom. The summed E-state index contributed by atoms with van der Waals surface area (Å²) in [5.74, 6) is -1.60. The van der Waals surface area contributed by atoms with Gasteiger partial charge in [0.15, 0.2) is 5.96 Å². The maximum atomic E-state index is 13.3. The largest absolute Gasteiger partial charge is 0.475 e. The number of nitrogens with one attached hydrogen (secondary N) is 1. The fourth-order valence-electron chi connectivity index (χ4n) is 4.05. The Labute approximate surface area is 184 Å². The fraction of sp³-hybridized carbons (Fsp3) is 0.571. The standard InChI is InChI=1S/C21H34BN5O4/c1-27(15-11-16-8-3-2-4-9-16)19(29)21(12-5-6-13-21)18(28)26-17(22(30)31)10-7-14-25-20(23)24/h2-4,8-9,17,30-31H,5-7,10-15H2,1H3,(H,26,28)(H4,23,24,25). The van der Waals surface area contributed by atoms with Crippen LogP contribution in [0.15, 0.2) is 35.3 Å². The van der Waals surface area contributed by atoms with E-state index in [1.54, 1.807) is 11.9 Å². The number of aliphatic imine (C=N–C) groups is 1. The maximum Gasteiger partial charge on any atom is 0.475 e. The van der Waals surface area contributed by atoms with Crippen LogP contribution in [0.3, 0.4) is 0 Å². The van der Waals surface area contributed by atoms with Crippen molar-refractivity contribution in [3.8, 4) is 0 Å². The van der Waals surface area contributed by atoms with Crippen LogP contribution in [0.25, 0.3) is 0 Å². The quantitative estimate of drug-likeness (QED) is 0.107. The van der Waals surface area contributed by atoms with Gasteiger partial charge in [-0.3, -0.25) is 14.6 Å². The molecule has 1 aromatic carbocycles. The van der Waals surface area contributed by atoms with Crippen molar-refractivity contribution in [2.45, 2.75) is 50.9 Å². The van der Waals surface area contributed by atoms with Crippen molar-refractivity contribution in [1.82, 2.24) is 10.2 Å². The second-order valence-electron chi connectivity index (χ2n) is 8.19. The van der Waals surface area contributed by atoms with Gasteiger partial charge in [0.05, 0.1) is 5.94 Å². The summed E-state index contributed by atoms with van der Waals surface area (Å²) in [6, 6.07) is 9.87. The van der Waals surface area contributed by atoms with Crippen molar-refractivity contribution in [1.29, 1.82) is 0 Å². The van der Waals surface area contributed by atoms with Gasteiger partial charge in [-0.25, -0.2) is 0 Å². The number of nitrogens with zero attached hydrogens (tertiary/aromatic N) is 2. The molecule has 31 heavy (non-hydrogen) atoms. The molecule has 1 aliphatic rings. The number of benzene rings is 1. The van der Waals surface area contributed by atoms with Crippen LogP contribution in [-0.4, -0.2) is 65.9 Å². The number of hydrogen-bond acceptors (Lipinski definition) is 5. The number of carbonyl (C=O) groups is 2. The number of nitrogens with two attached hydrogens (primary N) is 2. The third-order valence-corrected chi connectivity index (χ3v) is 5.87. The molecule has 0 aromatic heterocycles. The molecule has 1 fully saturated rings. The van der Waals surface area contributed by atoms with Crippen molar-refractivity contribution in [2.24, 2.45) is 21.9 Å². The van der Waals surface area contributed by atoms with E-state index in [1.807, 2.05) is 30.3 Å². The molecule has 2 amide bonds. The molecule has 10 heteroatoms. The van der Waals surface area contributed by atoms with Crippen molar-refractivity contribution >= 4 is 24.9 Å². The molecule has 0 saturated heterocycles. The van der Waals surface area contributed by atoms with E-state index in [2.05, 4.69) is 10.3 Å². The van der Waals surface area contributed by atoms with Gasteiger partial charge >= 0.3 is 7.12 Å². The Morgan fingerprint density at radius 1 is 1.23 bits per heavy atom. The van der Waals surface area contributed by atoms with Gasteiger partial charge in [-0.15, -0.1) is 0 Å². The molecule has 0 heterocycles. The molecule has 1 saturated carbocycles. The highest BCUT2D eigenvalue weighted by Gasteiger charge is 2.50. The van der Waals surface area contributed by atoms with E-state index >= 15 is 0 Å².